The lowest BCUT2D eigenvalue weighted by molar-refractivity contribution is 0.477. The van der Waals surface area contributed by atoms with E-state index in [4.69, 9.17) is 11.6 Å². The van der Waals surface area contributed by atoms with Crippen molar-refractivity contribution in [3.05, 3.63) is 64.7 Å². The summed E-state index contributed by atoms with van der Waals surface area (Å²) in [5.74, 6) is 0.728. The number of hydrogen-bond acceptors (Lipinski definition) is 3. The zero-order valence-electron chi connectivity index (χ0n) is 15.7. The SMILES string of the molecule is CCNC(=NCc1ccccc1NS(C)(=O)=O)N(C)Cc1cccc(Cl)c1. The van der Waals surface area contributed by atoms with Crippen LogP contribution in [-0.4, -0.2) is 39.1 Å². The largest absolute Gasteiger partial charge is 0.357 e. The molecular weight excluding hydrogens is 384 g/mol. The molecule has 0 aliphatic heterocycles. The average Bonchev–Trinajstić information content (AvgIpc) is 2.58. The average molecular weight is 409 g/mol. The van der Waals surface area contributed by atoms with Gasteiger partial charge in [-0.3, -0.25) is 4.72 Å². The number of aliphatic imine (C=N–C) groups is 1. The molecule has 0 aromatic heterocycles. The van der Waals surface area contributed by atoms with Gasteiger partial charge in [0.25, 0.3) is 0 Å². The Bertz CT molecular complexity index is 900. The van der Waals surface area contributed by atoms with Gasteiger partial charge in [-0.25, -0.2) is 13.4 Å². The lowest BCUT2D eigenvalue weighted by Gasteiger charge is -2.22. The van der Waals surface area contributed by atoms with E-state index in [2.05, 4.69) is 15.0 Å². The Labute approximate surface area is 166 Å². The number of nitrogens with zero attached hydrogens (tertiary/aromatic N) is 2. The number of halogens is 1. The van der Waals surface area contributed by atoms with Crippen LogP contribution >= 0.6 is 11.6 Å². The first kappa shape index (κ1) is 21.1. The van der Waals surface area contributed by atoms with Crippen LogP contribution in [0.5, 0.6) is 0 Å². The lowest BCUT2D eigenvalue weighted by Crippen LogP contribution is -2.38. The highest BCUT2D eigenvalue weighted by Crippen LogP contribution is 2.17. The third kappa shape index (κ3) is 7.11. The quantitative estimate of drug-likeness (QED) is 0.544. The highest BCUT2D eigenvalue weighted by atomic mass is 35.5. The molecule has 0 spiro atoms. The van der Waals surface area contributed by atoms with Crippen LogP contribution in [0.15, 0.2) is 53.5 Å². The summed E-state index contributed by atoms with van der Waals surface area (Å²) >= 11 is 6.06. The second-order valence-electron chi connectivity index (χ2n) is 6.19. The predicted octanol–water partition coefficient (Wildman–Crippen LogP) is 3.31. The van der Waals surface area contributed by atoms with Crippen molar-refractivity contribution >= 4 is 33.3 Å². The summed E-state index contributed by atoms with van der Waals surface area (Å²) in [5.41, 5.74) is 2.42. The number of benzene rings is 2. The number of guanidine groups is 1. The Morgan fingerprint density at radius 1 is 1.19 bits per heavy atom. The maximum atomic E-state index is 11.6. The van der Waals surface area contributed by atoms with Crippen LogP contribution in [-0.2, 0) is 23.1 Å². The van der Waals surface area contributed by atoms with Crippen LogP contribution in [0.3, 0.4) is 0 Å². The fraction of sp³-hybridized carbons (Fsp3) is 0.316. The van der Waals surface area contributed by atoms with E-state index >= 15 is 0 Å². The minimum atomic E-state index is -3.35. The van der Waals surface area contributed by atoms with Gasteiger partial charge in [0.05, 0.1) is 18.5 Å². The topological polar surface area (TPSA) is 73.8 Å². The summed E-state index contributed by atoms with van der Waals surface area (Å²) in [6, 6.07) is 14.9. The molecule has 0 aliphatic carbocycles. The summed E-state index contributed by atoms with van der Waals surface area (Å²) in [4.78, 5) is 6.66. The van der Waals surface area contributed by atoms with Crippen molar-refractivity contribution in [3.8, 4) is 0 Å². The molecule has 0 saturated carbocycles. The number of nitrogens with one attached hydrogen (secondary N) is 2. The first-order chi connectivity index (χ1) is 12.8. The summed E-state index contributed by atoms with van der Waals surface area (Å²) in [5, 5.41) is 3.96. The standard InChI is InChI=1S/C19H25ClN4O2S/c1-4-21-19(24(2)14-15-8-7-10-17(20)12-15)22-13-16-9-5-6-11-18(16)23-27(3,25)26/h5-12,23H,4,13-14H2,1-3H3,(H,21,22). The van der Waals surface area contributed by atoms with Gasteiger partial charge >= 0.3 is 0 Å². The minimum absolute atomic E-state index is 0.348. The summed E-state index contributed by atoms with van der Waals surface area (Å²) in [6.07, 6.45) is 1.13. The van der Waals surface area contributed by atoms with E-state index in [1.165, 1.54) is 0 Å². The predicted molar refractivity (Wildman–Crippen MR) is 113 cm³/mol. The summed E-state index contributed by atoms with van der Waals surface area (Å²) in [6.45, 7) is 3.72. The molecule has 0 saturated heterocycles. The lowest BCUT2D eigenvalue weighted by atomic mass is 10.2. The molecular formula is C19H25ClN4O2S. The van der Waals surface area contributed by atoms with Crippen LogP contribution in [0.4, 0.5) is 5.69 Å². The van der Waals surface area contributed by atoms with Gasteiger partial charge in [-0.05, 0) is 36.2 Å². The fourth-order valence-corrected chi connectivity index (χ4v) is 3.38. The van der Waals surface area contributed by atoms with Gasteiger partial charge in [-0.2, -0.15) is 0 Å². The highest BCUT2D eigenvalue weighted by molar-refractivity contribution is 7.92. The molecule has 0 aliphatic rings. The smallest absolute Gasteiger partial charge is 0.229 e. The van der Waals surface area contributed by atoms with Crippen molar-refractivity contribution < 1.29 is 8.42 Å². The van der Waals surface area contributed by atoms with E-state index < -0.39 is 10.0 Å². The molecule has 0 heterocycles. The van der Waals surface area contributed by atoms with Crippen molar-refractivity contribution in [1.82, 2.24) is 10.2 Å². The minimum Gasteiger partial charge on any atom is -0.357 e. The Kier molecular flexibility index (Phi) is 7.50. The van der Waals surface area contributed by atoms with Crippen molar-refractivity contribution in [2.24, 2.45) is 4.99 Å². The molecule has 27 heavy (non-hydrogen) atoms. The van der Waals surface area contributed by atoms with E-state index in [0.717, 1.165) is 29.9 Å². The van der Waals surface area contributed by atoms with Gasteiger partial charge in [0, 0.05) is 25.2 Å². The van der Waals surface area contributed by atoms with Gasteiger partial charge in [0.15, 0.2) is 5.96 Å². The summed E-state index contributed by atoms with van der Waals surface area (Å²) < 4.78 is 25.6. The van der Waals surface area contributed by atoms with E-state index in [1.54, 1.807) is 12.1 Å². The molecule has 2 aromatic carbocycles. The van der Waals surface area contributed by atoms with Crippen LogP contribution in [0.25, 0.3) is 0 Å². The highest BCUT2D eigenvalue weighted by Gasteiger charge is 2.10. The number of anilines is 1. The van der Waals surface area contributed by atoms with Gasteiger partial charge in [0.2, 0.25) is 10.0 Å². The first-order valence-corrected chi connectivity index (χ1v) is 10.8. The third-order valence-corrected chi connectivity index (χ3v) is 4.54. The number of sulfonamides is 1. The number of hydrogen-bond donors (Lipinski definition) is 2. The van der Waals surface area contributed by atoms with Gasteiger partial charge in [-0.15, -0.1) is 0 Å². The second-order valence-corrected chi connectivity index (χ2v) is 8.37. The monoisotopic (exact) mass is 408 g/mol. The van der Waals surface area contributed by atoms with Crippen molar-refractivity contribution in [2.75, 3.05) is 24.6 Å². The first-order valence-electron chi connectivity index (χ1n) is 8.58. The molecule has 6 nitrogen and oxygen atoms in total. The Hall–Kier alpha value is -2.25. The summed E-state index contributed by atoms with van der Waals surface area (Å²) in [7, 11) is -1.40. The van der Waals surface area contributed by atoms with Crippen molar-refractivity contribution in [3.63, 3.8) is 0 Å². The van der Waals surface area contributed by atoms with E-state index in [-0.39, 0.29) is 0 Å². The van der Waals surface area contributed by atoms with E-state index in [9.17, 15) is 8.42 Å². The molecule has 146 valence electrons. The molecule has 0 unspecified atom stereocenters. The molecule has 0 fully saturated rings. The molecule has 8 heteroatoms. The Balaban J connectivity index is 2.18. The molecule has 0 amide bonds. The number of para-hydroxylation sites is 1. The van der Waals surface area contributed by atoms with Crippen LogP contribution in [0.2, 0.25) is 5.02 Å². The Morgan fingerprint density at radius 2 is 1.93 bits per heavy atom. The Morgan fingerprint density at radius 3 is 2.59 bits per heavy atom. The maximum absolute atomic E-state index is 11.6. The van der Waals surface area contributed by atoms with Crippen LogP contribution in [0.1, 0.15) is 18.1 Å². The third-order valence-electron chi connectivity index (χ3n) is 3.72. The van der Waals surface area contributed by atoms with Crippen molar-refractivity contribution in [1.29, 1.82) is 0 Å². The second kappa shape index (κ2) is 9.62. The normalized spacial score (nSPS) is 11.9. The van der Waals surface area contributed by atoms with Crippen LogP contribution in [0, 0.1) is 0 Å². The van der Waals surface area contributed by atoms with Gasteiger partial charge in [0.1, 0.15) is 0 Å². The maximum Gasteiger partial charge on any atom is 0.229 e. The molecule has 0 radical (unpaired) electrons. The van der Waals surface area contributed by atoms with E-state index in [0.29, 0.717) is 23.8 Å². The molecule has 2 aromatic rings. The van der Waals surface area contributed by atoms with E-state index in [1.807, 2.05) is 55.3 Å². The molecule has 2 N–H and O–H groups in total. The zero-order valence-corrected chi connectivity index (χ0v) is 17.3. The van der Waals surface area contributed by atoms with Crippen LogP contribution < -0.4 is 10.0 Å². The fourth-order valence-electron chi connectivity index (χ4n) is 2.57. The molecule has 0 atom stereocenters. The zero-order chi connectivity index (χ0) is 19.9. The molecule has 0 bridgehead atoms. The van der Waals surface area contributed by atoms with Gasteiger partial charge < -0.3 is 10.2 Å². The molecule has 2 rings (SSSR count). The number of rotatable bonds is 7. The van der Waals surface area contributed by atoms with Gasteiger partial charge in [-0.1, -0.05) is 41.9 Å². The van der Waals surface area contributed by atoms with Crippen molar-refractivity contribution in [2.45, 2.75) is 20.0 Å².